The number of esters is 2. The van der Waals surface area contributed by atoms with Gasteiger partial charge in [-0.3, -0.25) is 9.10 Å². The van der Waals surface area contributed by atoms with Crippen molar-refractivity contribution < 1.29 is 32.2 Å². The molecule has 2 aromatic rings. The van der Waals surface area contributed by atoms with Gasteiger partial charge in [0.25, 0.3) is 10.0 Å². The van der Waals surface area contributed by atoms with Gasteiger partial charge in [0, 0.05) is 0 Å². The minimum Gasteiger partial charge on any atom is -0.497 e. The summed E-state index contributed by atoms with van der Waals surface area (Å²) in [6.45, 7) is 1.10. The number of ether oxygens (including phenoxy) is 3. The molecule has 2 rings (SSSR count). The summed E-state index contributed by atoms with van der Waals surface area (Å²) in [5.74, 6) is -1.00. The molecule has 0 saturated carbocycles. The number of rotatable bonds is 8. The smallest absolute Gasteiger partial charge is 0.340 e. The maximum absolute atomic E-state index is 13.3. The van der Waals surface area contributed by atoms with Gasteiger partial charge >= 0.3 is 11.9 Å². The third-order valence-corrected chi connectivity index (χ3v) is 5.58. The Labute approximate surface area is 163 Å². The fraction of sp³-hybridized carbons (Fsp3) is 0.263. The highest BCUT2D eigenvalue weighted by Crippen LogP contribution is 2.28. The van der Waals surface area contributed by atoms with E-state index in [1.54, 1.807) is 19.1 Å². The van der Waals surface area contributed by atoms with Crippen molar-refractivity contribution in [1.29, 1.82) is 0 Å². The van der Waals surface area contributed by atoms with Gasteiger partial charge < -0.3 is 14.2 Å². The average molecular weight is 407 g/mol. The van der Waals surface area contributed by atoms with Gasteiger partial charge in [0.1, 0.15) is 12.3 Å². The van der Waals surface area contributed by atoms with Crippen LogP contribution in [0.1, 0.15) is 17.3 Å². The molecule has 150 valence electrons. The van der Waals surface area contributed by atoms with E-state index in [-0.39, 0.29) is 22.8 Å². The lowest BCUT2D eigenvalue weighted by molar-refractivity contribution is -0.141. The van der Waals surface area contributed by atoms with Crippen LogP contribution in [-0.2, 0) is 24.3 Å². The van der Waals surface area contributed by atoms with E-state index in [2.05, 4.69) is 0 Å². The zero-order valence-electron chi connectivity index (χ0n) is 15.7. The molecule has 0 heterocycles. The number of nitrogens with zero attached hydrogens (tertiary/aromatic N) is 1. The molecule has 0 amide bonds. The van der Waals surface area contributed by atoms with Crippen LogP contribution in [0, 0.1) is 0 Å². The molecule has 0 fully saturated rings. The molecule has 8 nitrogen and oxygen atoms in total. The van der Waals surface area contributed by atoms with Crippen molar-refractivity contribution in [3.05, 3.63) is 54.1 Å². The molecule has 0 N–H and O–H groups in total. The topological polar surface area (TPSA) is 99.2 Å². The number of carbonyl (C=O) groups excluding carboxylic acids is 2. The highest BCUT2D eigenvalue weighted by atomic mass is 32.2. The van der Waals surface area contributed by atoms with Crippen LogP contribution >= 0.6 is 0 Å². The van der Waals surface area contributed by atoms with Gasteiger partial charge in [-0.1, -0.05) is 12.1 Å². The number of sulfonamides is 1. The van der Waals surface area contributed by atoms with Gasteiger partial charge in [-0.25, -0.2) is 13.2 Å². The Morgan fingerprint density at radius 1 is 1.00 bits per heavy atom. The van der Waals surface area contributed by atoms with E-state index >= 15 is 0 Å². The number of carbonyl (C=O) groups is 2. The molecule has 0 radical (unpaired) electrons. The standard InChI is InChI=1S/C19H21NO7S/c1-4-27-18(21)13-20(17-8-6-5-7-16(17)19(22)26-3)28(23,24)15-11-9-14(25-2)10-12-15/h5-12H,4,13H2,1-3H3. The van der Waals surface area contributed by atoms with E-state index in [0.29, 0.717) is 5.75 Å². The highest BCUT2D eigenvalue weighted by molar-refractivity contribution is 7.92. The number of anilines is 1. The normalized spacial score (nSPS) is 10.8. The van der Waals surface area contributed by atoms with Crippen LogP contribution in [0.3, 0.4) is 0 Å². The Morgan fingerprint density at radius 3 is 2.21 bits per heavy atom. The zero-order chi connectivity index (χ0) is 20.7. The lowest BCUT2D eigenvalue weighted by Crippen LogP contribution is -2.37. The Morgan fingerprint density at radius 2 is 1.64 bits per heavy atom. The van der Waals surface area contributed by atoms with E-state index < -0.39 is 28.5 Å². The van der Waals surface area contributed by atoms with Gasteiger partial charge in [0.15, 0.2) is 0 Å². The predicted molar refractivity (Wildman–Crippen MR) is 102 cm³/mol. The largest absolute Gasteiger partial charge is 0.497 e. The number of hydrogen-bond acceptors (Lipinski definition) is 7. The van der Waals surface area contributed by atoms with Crippen molar-refractivity contribution in [3.63, 3.8) is 0 Å². The average Bonchev–Trinajstić information content (AvgIpc) is 2.71. The zero-order valence-corrected chi connectivity index (χ0v) is 16.6. The Balaban J connectivity index is 2.59. The molecular weight excluding hydrogens is 386 g/mol. The molecule has 28 heavy (non-hydrogen) atoms. The van der Waals surface area contributed by atoms with E-state index in [1.807, 2.05) is 0 Å². The lowest BCUT2D eigenvalue weighted by atomic mass is 10.2. The van der Waals surface area contributed by atoms with E-state index in [4.69, 9.17) is 14.2 Å². The van der Waals surface area contributed by atoms with Gasteiger partial charge in [0.05, 0.1) is 37.0 Å². The van der Waals surface area contributed by atoms with E-state index in [0.717, 1.165) is 4.31 Å². The van der Waals surface area contributed by atoms with Crippen molar-refractivity contribution in [2.45, 2.75) is 11.8 Å². The number of hydrogen-bond donors (Lipinski definition) is 0. The molecular formula is C19H21NO7S. The molecule has 2 aromatic carbocycles. The van der Waals surface area contributed by atoms with Crippen LogP contribution in [0.2, 0.25) is 0 Å². The van der Waals surface area contributed by atoms with Crippen molar-refractivity contribution >= 4 is 27.6 Å². The molecule has 0 aliphatic heterocycles. The summed E-state index contributed by atoms with van der Waals surface area (Å²) in [6.07, 6.45) is 0. The molecule has 0 saturated heterocycles. The summed E-state index contributed by atoms with van der Waals surface area (Å²) >= 11 is 0. The second-order valence-corrected chi connectivity index (χ2v) is 7.36. The Hall–Kier alpha value is -3.07. The first-order chi connectivity index (χ1) is 13.3. The van der Waals surface area contributed by atoms with Crippen molar-refractivity contribution in [2.24, 2.45) is 0 Å². The van der Waals surface area contributed by atoms with E-state index in [9.17, 15) is 18.0 Å². The molecule has 0 aliphatic carbocycles. The van der Waals surface area contributed by atoms with Crippen LogP contribution in [0.4, 0.5) is 5.69 Å². The van der Waals surface area contributed by atoms with Crippen molar-refractivity contribution in [1.82, 2.24) is 0 Å². The second-order valence-electron chi connectivity index (χ2n) is 5.50. The maximum atomic E-state index is 13.3. The van der Waals surface area contributed by atoms with Crippen LogP contribution in [0.15, 0.2) is 53.4 Å². The summed E-state index contributed by atoms with van der Waals surface area (Å²) in [7, 11) is -1.54. The molecule has 0 atom stereocenters. The predicted octanol–water partition coefficient (Wildman–Crippen LogP) is 2.24. The molecule has 0 unspecified atom stereocenters. The minimum atomic E-state index is -4.19. The quantitative estimate of drug-likeness (QED) is 0.619. The monoisotopic (exact) mass is 407 g/mol. The van der Waals surface area contributed by atoms with Gasteiger partial charge in [-0.15, -0.1) is 0 Å². The number of methoxy groups -OCH3 is 2. The van der Waals surface area contributed by atoms with Crippen LogP contribution in [0.5, 0.6) is 5.75 Å². The summed E-state index contributed by atoms with van der Waals surface area (Å²) < 4.78 is 42.0. The minimum absolute atomic E-state index is 0.00591. The third kappa shape index (κ3) is 4.61. The van der Waals surface area contributed by atoms with Gasteiger partial charge in [0.2, 0.25) is 0 Å². The molecule has 0 bridgehead atoms. The maximum Gasteiger partial charge on any atom is 0.340 e. The SMILES string of the molecule is CCOC(=O)CN(c1ccccc1C(=O)OC)S(=O)(=O)c1ccc(OC)cc1. The fourth-order valence-corrected chi connectivity index (χ4v) is 3.90. The Kier molecular flexibility index (Phi) is 7.00. The van der Waals surface area contributed by atoms with Gasteiger partial charge in [-0.05, 0) is 43.3 Å². The van der Waals surface area contributed by atoms with Crippen LogP contribution in [-0.4, -0.2) is 47.7 Å². The highest BCUT2D eigenvalue weighted by Gasteiger charge is 2.31. The Bertz CT molecular complexity index is 939. The fourth-order valence-electron chi connectivity index (χ4n) is 2.47. The first-order valence-corrected chi connectivity index (χ1v) is 9.79. The van der Waals surface area contributed by atoms with Gasteiger partial charge in [-0.2, -0.15) is 0 Å². The molecule has 0 aliphatic rings. The summed E-state index contributed by atoms with van der Waals surface area (Å²) in [4.78, 5) is 24.1. The molecule has 0 aromatic heterocycles. The van der Waals surface area contributed by atoms with E-state index in [1.165, 1.54) is 50.6 Å². The first-order valence-electron chi connectivity index (χ1n) is 8.35. The molecule has 9 heteroatoms. The number of para-hydroxylation sites is 1. The van der Waals surface area contributed by atoms with Crippen molar-refractivity contribution in [3.8, 4) is 5.75 Å². The second kappa shape index (κ2) is 9.23. The summed E-state index contributed by atoms with van der Waals surface area (Å²) in [5, 5.41) is 0. The number of benzene rings is 2. The molecule has 0 spiro atoms. The summed E-state index contributed by atoms with van der Waals surface area (Å²) in [6, 6.07) is 11.7. The van der Waals surface area contributed by atoms with Crippen LogP contribution in [0.25, 0.3) is 0 Å². The van der Waals surface area contributed by atoms with Crippen molar-refractivity contribution in [2.75, 3.05) is 31.7 Å². The first kappa shape index (κ1) is 21.2. The summed E-state index contributed by atoms with van der Waals surface area (Å²) in [5.41, 5.74) is 0.0182. The third-order valence-electron chi connectivity index (χ3n) is 3.80. The lowest BCUT2D eigenvalue weighted by Gasteiger charge is -2.25. The van der Waals surface area contributed by atoms with Crippen LogP contribution < -0.4 is 9.04 Å².